The first kappa shape index (κ1) is 15.7. The van der Waals surface area contributed by atoms with Gasteiger partial charge in [0.2, 0.25) is 0 Å². The van der Waals surface area contributed by atoms with Crippen LogP contribution in [0.15, 0.2) is 29.4 Å². The van der Waals surface area contributed by atoms with Crippen LogP contribution in [-0.4, -0.2) is 24.9 Å². The minimum absolute atomic E-state index is 0.214. The van der Waals surface area contributed by atoms with Crippen molar-refractivity contribution in [1.82, 2.24) is 19.2 Å². The Kier molecular flexibility index (Phi) is 3.75. The number of hydrogen-bond donors (Lipinski definition) is 1. The summed E-state index contributed by atoms with van der Waals surface area (Å²) in [6.45, 7) is 1.99. The molecule has 0 radical (unpaired) electrons. The number of nitrogens with two attached hydrogens (primary N) is 1. The molecule has 0 unspecified atom stereocenters. The number of aryl methyl sites for hydroxylation is 1. The summed E-state index contributed by atoms with van der Waals surface area (Å²) in [4.78, 5) is 5.06. The molecule has 0 saturated heterocycles. The molecule has 0 amide bonds. The van der Waals surface area contributed by atoms with Gasteiger partial charge in [0, 0.05) is 19.4 Å². The molecular formula is C14H14F3N5S. The molecule has 122 valence electrons. The Hall–Kier alpha value is -2.16. The predicted octanol–water partition coefficient (Wildman–Crippen LogP) is 3.45. The Morgan fingerprint density at radius 2 is 2.09 bits per heavy atom. The summed E-state index contributed by atoms with van der Waals surface area (Å²) in [5.41, 5.74) is 6.55. The van der Waals surface area contributed by atoms with E-state index in [1.54, 1.807) is 17.9 Å². The lowest BCUT2D eigenvalue weighted by Gasteiger charge is -2.05. The zero-order valence-electron chi connectivity index (χ0n) is 12.4. The molecule has 2 N–H and O–H groups in total. The van der Waals surface area contributed by atoms with E-state index in [1.807, 2.05) is 6.92 Å². The molecule has 0 fully saturated rings. The van der Waals surface area contributed by atoms with Gasteiger partial charge in [-0.25, -0.2) is 4.98 Å². The molecule has 0 aromatic carbocycles. The SMILES string of the molecule is CCSc1c(-c2cn3ccc(C(F)(F)F)cc3n2)nn(C)c1N. The monoisotopic (exact) mass is 341 g/mol. The maximum Gasteiger partial charge on any atom is 0.416 e. The highest BCUT2D eigenvalue weighted by Crippen LogP contribution is 2.35. The number of imidazole rings is 1. The molecule has 9 heteroatoms. The van der Waals surface area contributed by atoms with E-state index in [4.69, 9.17) is 5.73 Å². The fourth-order valence-electron chi connectivity index (χ4n) is 2.24. The van der Waals surface area contributed by atoms with Crippen LogP contribution < -0.4 is 5.73 Å². The first-order valence-corrected chi connectivity index (χ1v) is 7.81. The zero-order chi connectivity index (χ0) is 16.8. The van der Waals surface area contributed by atoms with Crippen molar-refractivity contribution in [2.75, 3.05) is 11.5 Å². The fraction of sp³-hybridized carbons (Fsp3) is 0.286. The van der Waals surface area contributed by atoms with Crippen LogP contribution in [0.1, 0.15) is 12.5 Å². The molecule has 5 nitrogen and oxygen atoms in total. The first-order chi connectivity index (χ1) is 10.8. The third-order valence-corrected chi connectivity index (χ3v) is 4.35. The number of aromatic nitrogens is 4. The second-order valence-corrected chi connectivity index (χ2v) is 6.20. The van der Waals surface area contributed by atoms with Crippen molar-refractivity contribution in [3.63, 3.8) is 0 Å². The minimum Gasteiger partial charge on any atom is -0.383 e. The summed E-state index contributed by atoms with van der Waals surface area (Å²) in [6.07, 6.45) is -1.41. The van der Waals surface area contributed by atoms with Gasteiger partial charge in [-0.05, 0) is 17.9 Å². The lowest BCUT2D eigenvalue weighted by Crippen LogP contribution is -2.05. The van der Waals surface area contributed by atoms with Gasteiger partial charge in [-0.2, -0.15) is 18.3 Å². The summed E-state index contributed by atoms with van der Waals surface area (Å²) in [5, 5.41) is 4.34. The molecule has 0 spiro atoms. The standard InChI is InChI=1S/C14H14F3N5S/c1-3-23-12-11(20-21(2)13(12)18)9-7-22-5-4-8(14(15,16)17)6-10(22)19-9/h4-7H,3,18H2,1-2H3. The van der Waals surface area contributed by atoms with Crippen LogP contribution in [0.4, 0.5) is 19.0 Å². The number of halogens is 3. The number of fused-ring (bicyclic) bond motifs is 1. The predicted molar refractivity (Wildman–Crippen MR) is 83.2 cm³/mol. The van der Waals surface area contributed by atoms with Crippen molar-refractivity contribution in [2.24, 2.45) is 7.05 Å². The highest BCUT2D eigenvalue weighted by molar-refractivity contribution is 7.99. The van der Waals surface area contributed by atoms with Crippen LogP contribution in [0, 0.1) is 0 Å². The van der Waals surface area contributed by atoms with Gasteiger partial charge in [-0.15, -0.1) is 11.8 Å². The van der Waals surface area contributed by atoms with E-state index in [1.165, 1.54) is 22.4 Å². The van der Waals surface area contributed by atoms with Gasteiger partial charge >= 0.3 is 6.18 Å². The van der Waals surface area contributed by atoms with Gasteiger partial charge in [-0.1, -0.05) is 6.92 Å². The van der Waals surface area contributed by atoms with Crippen molar-refractivity contribution >= 4 is 23.2 Å². The largest absolute Gasteiger partial charge is 0.416 e. The Bertz CT molecular complexity index is 865. The number of alkyl halides is 3. The first-order valence-electron chi connectivity index (χ1n) is 6.83. The zero-order valence-corrected chi connectivity index (χ0v) is 13.2. The molecule has 3 heterocycles. The molecule has 23 heavy (non-hydrogen) atoms. The lowest BCUT2D eigenvalue weighted by atomic mass is 10.2. The topological polar surface area (TPSA) is 61.1 Å². The summed E-state index contributed by atoms with van der Waals surface area (Å²) in [7, 11) is 1.72. The van der Waals surface area contributed by atoms with Crippen molar-refractivity contribution in [3.8, 4) is 11.4 Å². The molecule has 0 aliphatic carbocycles. The molecule has 0 bridgehead atoms. The molecule has 0 aliphatic rings. The van der Waals surface area contributed by atoms with Crippen LogP contribution in [0.3, 0.4) is 0 Å². The van der Waals surface area contributed by atoms with Crippen LogP contribution >= 0.6 is 11.8 Å². The van der Waals surface area contributed by atoms with E-state index in [0.29, 0.717) is 17.2 Å². The van der Waals surface area contributed by atoms with E-state index in [0.717, 1.165) is 22.8 Å². The number of thioether (sulfide) groups is 1. The van der Waals surface area contributed by atoms with Gasteiger partial charge < -0.3 is 10.1 Å². The van der Waals surface area contributed by atoms with Gasteiger partial charge in [0.25, 0.3) is 0 Å². The molecule has 3 aromatic heterocycles. The van der Waals surface area contributed by atoms with E-state index >= 15 is 0 Å². The lowest BCUT2D eigenvalue weighted by molar-refractivity contribution is -0.137. The molecular weight excluding hydrogens is 327 g/mol. The van der Waals surface area contributed by atoms with Crippen LogP contribution in [0.2, 0.25) is 0 Å². The number of anilines is 1. The van der Waals surface area contributed by atoms with Gasteiger partial charge in [0.1, 0.15) is 22.9 Å². The Morgan fingerprint density at radius 3 is 2.74 bits per heavy atom. The Morgan fingerprint density at radius 1 is 1.35 bits per heavy atom. The number of pyridine rings is 1. The second kappa shape index (κ2) is 5.48. The van der Waals surface area contributed by atoms with E-state index in [9.17, 15) is 13.2 Å². The molecule has 0 saturated carbocycles. The van der Waals surface area contributed by atoms with E-state index in [2.05, 4.69) is 10.1 Å². The Balaban J connectivity index is 2.13. The van der Waals surface area contributed by atoms with Crippen LogP contribution in [0.25, 0.3) is 17.0 Å². The van der Waals surface area contributed by atoms with Gasteiger partial charge in [-0.3, -0.25) is 4.68 Å². The average molecular weight is 341 g/mol. The van der Waals surface area contributed by atoms with Crippen molar-refractivity contribution in [1.29, 1.82) is 0 Å². The van der Waals surface area contributed by atoms with Crippen molar-refractivity contribution in [3.05, 3.63) is 30.1 Å². The van der Waals surface area contributed by atoms with Crippen molar-refractivity contribution in [2.45, 2.75) is 18.0 Å². The molecule has 0 atom stereocenters. The smallest absolute Gasteiger partial charge is 0.383 e. The quantitative estimate of drug-likeness (QED) is 0.741. The minimum atomic E-state index is -4.40. The number of nitrogens with zero attached hydrogens (tertiary/aromatic N) is 4. The van der Waals surface area contributed by atoms with Crippen LogP contribution in [0.5, 0.6) is 0 Å². The average Bonchev–Trinajstić information content (AvgIpc) is 3.02. The van der Waals surface area contributed by atoms with Crippen molar-refractivity contribution < 1.29 is 13.2 Å². The second-order valence-electron chi connectivity index (χ2n) is 4.92. The van der Waals surface area contributed by atoms with E-state index < -0.39 is 11.7 Å². The third-order valence-electron chi connectivity index (χ3n) is 3.37. The third kappa shape index (κ3) is 2.76. The maximum absolute atomic E-state index is 12.8. The number of hydrogen-bond acceptors (Lipinski definition) is 4. The normalized spacial score (nSPS) is 12.2. The maximum atomic E-state index is 12.8. The fourth-order valence-corrected chi connectivity index (χ4v) is 3.09. The van der Waals surface area contributed by atoms with Gasteiger partial charge in [0.05, 0.1) is 10.5 Å². The summed E-state index contributed by atoms with van der Waals surface area (Å²) >= 11 is 1.52. The molecule has 0 aliphatic heterocycles. The van der Waals surface area contributed by atoms with Gasteiger partial charge in [0.15, 0.2) is 0 Å². The van der Waals surface area contributed by atoms with Crippen LogP contribution in [-0.2, 0) is 13.2 Å². The highest BCUT2D eigenvalue weighted by Gasteiger charge is 2.31. The summed E-state index contributed by atoms with van der Waals surface area (Å²) < 4.78 is 41.5. The number of rotatable bonds is 3. The highest BCUT2D eigenvalue weighted by atomic mass is 32.2. The summed E-state index contributed by atoms with van der Waals surface area (Å²) in [5.74, 6) is 1.31. The Labute approximate surface area is 134 Å². The molecule has 3 rings (SSSR count). The van der Waals surface area contributed by atoms with E-state index in [-0.39, 0.29) is 5.65 Å². The summed E-state index contributed by atoms with van der Waals surface area (Å²) in [6, 6.07) is 2.04. The number of nitrogen functional groups attached to an aromatic ring is 1. The molecule has 3 aromatic rings.